The second kappa shape index (κ2) is 5.55. The fourth-order valence-corrected chi connectivity index (χ4v) is 0.955. The highest BCUT2D eigenvalue weighted by molar-refractivity contribution is 5.94. The van der Waals surface area contributed by atoms with Crippen molar-refractivity contribution in [2.24, 2.45) is 0 Å². The van der Waals surface area contributed by atoms with E-state index in [-0.39, 0.29) is 5.91 Å². The van der Waals surface area contributed by atoms with Crippen molar-refractivity contribution >= 4 is 5.91 Å². The zero-order chi connectivity index (χ0) is 10.2. The van der Waals surface area contributed by atoms with Gasteiger partial charge in [0.25, 0.3) is 5.91 Å². The van der Waals surface area contributed by atoms with Crippen molar-refractivity contribution in [3.8, 4) is 6.07 Å². The molecule has 1 amide bonds. The number of carbonyl (C=O) groups is 1. The SMILES string of the molecule is N#CC=CCNC(=O)c1ccccc1. The van der Waals surface area contributed by atoms with Crippen LogP contribution in [0.25, 0.3) is 0 Å². The van der Waals surface area contributed by atoms with Crippen LogP contribution in [-0.4, -0.2) is 12.5 Å². The minimum Gasteiger partial charge on any atom is -0.349 e. The maximum absolute atomic E-state index is 11.4. The summed E-state index contributed by atoms with van der Waals surface area (Å²) in [7, 11) is 0. The highest BCUT2D eigenvalue weighted by Gasteiger charge is 2.00. The topological polar surface area (TPSA) is 52.9 Å². The number of hydrogen-bond donors (Lipinski definition) is 1. The summed E-state index contributed by atoms with van der Waals surface area (Å²) in [5, 5.41) is 10.9. The molecule has 0 radical (unpaired) electrons. The number of amides is 1. The lowest BCUT2D eigenvalue weighted by atomic mass is 10.2. The van der Waals surface area contributed by atoms with Crippen LogP contribution in [0.5, 0.6) is 0 Å². The molecule has 1 aromatic carbocycles. The number of carbonyl (C=O) groups excluding carboxylic acids is 1. The number of nitrogens with zero attached hydrogens (tertiary/aromatic N) is 1. The van der Waals surface area contributed by atoms with E-state index in [9.17, 15) is 4.79 Å². The van der Waals surface area contributed by atoms with E-state index in [1.807, 2.05) is 12.1 Å². The number of rotatable bonds is 3. The average molecular weight is 186 g/mol. The molecule has 0 aliphatic carbocycles. The van der Waals surface area contributed by atoms with Gasteiger partial charge in [-0.2, -0.15) is 5.26 Å². The van der Waals surface area contributed by atoms with E-state index in [1.165, 1.54) is 6.08 Å². The largest absolute Gasteiger partial charge is 0.349 e. The fraction of sp³-hybridized carbons (Fsp3) is 0.0909. The summed E-state index contributed by atoms with van der Waals surface area (Å²) in [6.45, 7) is 0.376. The standard InChI is InChI=1S/C11H10N2O/c12-8-4-5-9-13-11(14)10-6-2-1-3-7-10/h1-7H,9H2,(H,13,14). The summed E-state index contributed by atoms with van der Waals surface area (Å²) in [5.41, 5.74) is 0.623. The maximum atomic E-state index is 11.4. The highest BCUT2D eigenvalue weighted by Crippen LogP contribution is 1.97. The molecule has 0 saturated heterocycles. The second-order valence-corrected chi connectivity index (χ2v) is 2.61. The van der Waals surface area contributed by atoms with E-state index in [1.54, 1.807) is 30.3 Å². The molecule has 0 spiro atoms. The molecule has 0 bridgehead atoms. The third-order valence-electron chi connectivity index (χ3n) is 1.61. The second-order valence-electron chi connectivity index (χ2n) is 2.61. The van der Waals surface area contributed by atoms with Gasteiger partial charge in [0.15, 0.2) is 0 Å². The summed E-state index contributed by atoms with van der Waals surface area (Å²) in [4.78, 5) is 11.4. The van der Waals surface area contributed by atoms with Gasteiger partial charge in [-0.1, -0.05) is 24.3 Å². The molecule has 1 rings (SSSR count). The van der Waals surface area contributed by atoms with E-state index < -0.39 is 0 Å². The van der Waals surface area contributed by atoms with Crippen molar-refractivity contribution in [2.75, 3.05) is 6.54 Å². The Hall–Kier alpha value is -2.08. The minimum atomic E-state index is -0.131. The first-order valence-electron chi connectivity index (χ1n) is 4.22. The molecular weight excluding hydrogens is 176 g/mol. The van der Waals surface area contributed by atoms with Crippen molar-refractivity contribution in [3.63, 3.8) is 0 Å². The zero-order valence-corrected chi connectivity index (χ0v) is 7.60. The summed E-state index contributed by atoms with van der Waals surface area (Å²) in [5.74, 6) is -0.131. The van der Waals surface area contributed by atoms with Crippen LogP contribution >= 0.6 is 0 Å². The summed E-state index contributed by atoms with van der Waals surface area (Å²) >= 11 is 0. The molecule has 3 nitrogen and oxygen atoms in total. The normalized spacial score (nSPS) is 9.64. The Morgan fingerprint density at radius 1 is 1.43 bits per heavy atom. The van der Waals surface area contributed by atoms with Crippen LogP contribution in [0.3, 0.4) is 0 Å². The summed E-state index contributed by atoms with van der Waals surface area (Å²) in [6.07, 6.45) is 2.94. The summed E-state index contributed by atoms with van der Waals surface area (Å²) in [6, 6.07) is 10.8. The lowest BCUT2D eigenvalue weighted by Crippen LogP contribution is -2.23. The molecule has 0 atom stereocenters. The number of hydrogen-bond acceptors (Lipinski definition) is 2. The number of allylic oxidation sites excluding steroid dienone is 1. The minimum absolute atomic E-state index is 0.131. The average Bonchev–Trinajstić information content (AvgIpc) is 2.25. The van der Waals surface area contributed by atoms with Crippen LogP contribution < -0.4 is 5.32 Å². The van der Waals surface area contributed by atoms with Crippen LogP contribution in [0.2, 0.25) is 0 Å². The lowest BCUT2D eigenvalue weighted by Gasteiger charge is -2.00. The third-order valence-corrected chi connectivity index (χ3v) is 1.61. The van der Waals surface area contributed by atoms with E-state index in [2.05, 4.69) is 5.32 Å². The fourth-order valence-electron chi connectivity index (χ4n) is 0.955. The molecule has 0 heterocycles. The van der Waals surface area contributed by atoms with Gasteiger partial charge in [0, 0.05) is 18.2 Å². The molecule has 0 unspecified atom stereocenters. The predicted octanol–water partition coefficient (Wildman–Crippen LogP) is 1.50. The number of benzene rings is 1. The smallest absolute Gasteiger partial charge is 0.251 e. The number of nitrogens with one attached hydrogen (secondary N) is 1. The lowest BCUT2D eigenvalue weighted by molar-refractivity contribution is 0.0958. The first kappa shape index (κ1) is 10.0. The van der Waals surface area contributed by atoms with Crippen molar-refractivity contribution in [1.82, 2.24) is 5.32 Å². The van der Waals surface area contributed by atoms with Gasteiger partial charge in [-0.25, -0.2) is 0 Å². The van der Waals surface area contributed by atoms with Crippen LogP contribution in [0.4, 0.5) is 0 Å². The number of nitriles is 1. The molecule has 0 aliphatic rings. The van der Waals surface area contributed by atoms with Gasteiger partial charge >= 0.3 is 0 Å². The Morgan fingerprint density at radius 2 is 2.14 bits per heavy atom. The molecular formula is C11H10N2O. The van der Waals surface area contributed by atoms with Crippen LogP contribution in [-0.2, 0) is 0 Å². The maximum Gasteiger partial charge on any atom is 0.251 e. The first-order chi connectivity index (χ1) is 6.84. The van der Waals surface area contributed by atoms with Crippen molar-refractivity contribution < 1.29 is 4.79 Å². The van der Waals surface area contributed by atoms with E-state index in [4.69, 9.17) is 5.26 Å². The monoisotopic (exact) mass is 186 g/mol. The van der Waals surface area contributed by atoms with Gasteiger partial charge in [0.05, 0.1) is 6.07 Å². The van der Waals surface area contributed by atoms with Crippen LogP contribution in [0.15, 0.2) is 42.5 Å². The molecule has 1 aromatic rings. The van der Waals surface area contributed by atoms with Crippen LogP contribution in [0, 0.1) is 11.3 Å². The van der Waals surface area contributed by atoms with E-state index in [0.29, 0.717) is 12.1 Å². The van der Waals surface area contributed by atoms with Gasteiger partial charge < -0.3 is 5.32 Å². The van der Waals surface area contributed by atoms with Crippen LogP contribution in [0.1, 0.15) is 10.4 Å². The first-order valence-corrected chi connectivity index (χ1v) is 4.22. The van der Waals surface area contributed by atoms with Gasteiger partial charge in [0.2, 0.25) is 0 Å². The van der Waals surface area contributed by atoms with E-state index in [0.717, 1.165) is 0 Å². The van der Waals surface area contributed by atoms with Gasteiger partial charge in [-0.05, 0) is 12.1 Å². The molecule has 1 N–H and O–H groups in total. The predicted molar refractivity (Wildman–Crippen MR) is 53.5 cm³/mol. The van der Waals surface area contributed by atoms with Gasteiger partial charge in [0.1, 0.15) is 0 Å². The summed E-state index contributed by atoms with van der Waals surface area (Å²) < 4.78 is 0. The molecule has 70 valence electrons. The highest BCUT2D eigenvalue weighted by atomic mass is 16.1. The Labute approximate surface area is 82.7 Å². The zero-order valence-electron chi connectivity index (χ0n) is 7.60. The molecule has 0 fully saturated rings. The van der Waals surface area contributed by atoms with Crippen molar-refractivity contribution in [2.45, 2.75) is 0 Å². The Kier molecular flexibility index (Phi) is 3.96. The third kappa shape index (κ3) is 3.11. The Bertz CT molecular complexity index is 363. The van der Waals surface area contributed by atoms with Gasteiger partial charge in [-0.3, -0.25) is 4.79 Å². The molecule has 0 aliphatic heterocycles. The van der Waals surface area contributed by atoms with E-state index >= 15 is 0 Å². The van der Waals surface area contributed by atoms with Gasteiger partial charge in [-0.15, -0.1) is 0 Å². The van der Waals surface area contributed by atoms with Crippen molar-refractivity contribution in [3.05, 3.63) is 48.0 Å². The quantitative estimate of drug-likeness (QED) is 0.727. The molecule has 0 aromatic heterocycles. The molecule has 0 saturated carbocycles. The Balaban J connectivity index is 2.45. The molecule has 14 heavy (non-hydrogen) atoms. The Morgan fingerprint density at radius 3 is 2.79 bits per heavy atom. The molecule has 3 heteroatoms. The van der Waals surface area contributed by atoms with Crippen molar-refractivity contribution in [1.29, 1.82) is 5.26 Å².